The van der Waals surface area contributed by atoms with Crippen molar-refractivity contribution in [1.29, 1.82) is 0 Å². The molecule has 1 unspecified atom stereocenters. The predicted molar refractivity (Wildman–Crippen MR) is 133 cm³/mol. The molecule has 0 aromatic heterocycles. The molecule has 5 rings (SSSR count). The lowest BCUT2D eigenvalue weighted by molar-refractivity contribution is -0.124. The van der Waals surface area contributed by atoms with Gasteiger partial charge in [0.05, 0.1) is 0 Å². The monoisotopic (exact) mass is 440 g/mol. The second-order valence-electron chi connectivity index (χ2n) is 9.56. The van der Waals surface area contributed by atoms with Gasteiger partial charge >= 0.3 is 0 Å². The Hall–Kier alpha value is -3.11. The van der Waals surface area contributed by atoms with Crippen molar-refractivity contribution in [2.45, 2.75) is 44.8 Å². The Bertz CT molecular complexity index is 1100. The van der Waals surface area contributed by atoms with Crippen LogP contribution in [0.25, 0.3) is 0 Å². The maximum atomic E-state index is 13.5. The molecule has 1 saturated heterocycles. The van der Waals surface area contributed by atoms with Crippen LogP contribution in [-0.4, -0.2) is 36.5 Å². The lowest BCUT2D eigenvalue weighted by Crippen LogP contribution is -2.47. The number of piperidine rings is 1. The zero-order valence-electron chi connectivity index (χ0n) is 19.5. The molecule has 1 atom stereocenters. The van der Waals surface area contributed by atoms with Crippen molar-refractivity contribution in [3.8, 4) is 5.75 Å². The molecule has 1 fully saturated rings. The summed E-state index contributed by atoms with van der Waals surface area (Å²) in [6.07, 6.45) is 1.59. The maximum Gasteiger partial charge on any atom is 0.267 e. The fourth-order valence-corrected chi connectivity index (χ4v) is 5.36. The largest absolute Gasteiger partial charge is 0.481 e. The molecule has 0 radical (unpaired) electrons. The molecule has 1 amide bonds. The number of carbonyl (C=O) groups is 1. The van der Waals surface area contributed by atoms with Crippen molar-refractivity contribution < 1.29 is 9.53 Å². The average Bonchev–Trinajstić information content (AvgIpc) is 3.14. The number of hydrogen-bond acceptors (Lipinski definition) is 3. The minimum absolute atomic E-state index is 0.0245. The van der Waals surface area contributed by atoms with Gasteiger partial charge in [-0.15, -0.1) is 0 Å². The topological polar surface area (TPSA) is 32.8 Å². The minimum atomic E-state index is -0.533. The Morgan fingerprint density at radius 3 is 2.33 bits per heavy atom. The summed E-state index contributed by atoms with van der Waals surface area (Å²) in [4.78, 5) is 18.0. The molecule has 2 aliphatic rings. The third-order valence-electron chi connectivity index (χ3n) is 7.21. The highest BCUT2D eigenvalue weighted by Crippen LogP contribution is 2.47. The first-order chi connectivity index (χ1) is 16.0. The van der Waals surface area contributed by atoms with Crippen molar-refractivity contribution in [3.05, 3.63) is 95.6 Å². The number of ether oxygens (including phenoxy) is 1. The van der Waals surface area contributed by atoms with E-state index in [2.05, 4.69) is 60.4 Å². The van der Waals surface area contributed by atoms with Gasteiger partial charge in [-0.2, -0.15) is 0 Å². The molecule has 33 heavy (non-hydrogen) atoms. The highest BCUT2D eigenvalue weighted by atomic mass is 16.5. The Morgan fingerprint density at radius 2 is 1.64 bits per heavy atom. The van der Waals surface area contributed by atoms with Gasteiger partial charge in [0.2, 0.25) is 0 Å². The third-order valence-corrected chi connectivity index (χ3v) is 7.21. The molecule has 0 N–H and O–H groups in total. The Balaban J connectivity index is 1.34. The van der Waals surface area contributed by atoms with Crippen LogP contribution in [0.2, 0.25) is 0 Å². The van der Waals surface area contributed by atoms with Crippen LogP contribution in [0.15, 0.2) is 78.9 Å². The van der Waals surface area contributed by atoms with Crippen LogP contribution >= 0.6 is 0 Å². The zero-order chi connectivity index (χ0) is 22.8. The molecule has 1 spiro atoms. The molecular weight excluding hydrogens is 408 g/mol. The van der Waals surface area contributed by atoms with E-state index in [0.717, 1.165) is 50.5 Å². The molecule has 4 nitrogen and oxygen atoms in total. The molecule has 3 aromatic carbocycles. The minimum Gasteiger partial charge on any atom is -0.481 e. The van der Waals surface area contributed by atoms with Gasteiger partial charge < -0.3 is 9.64 Å². The predicted octanol–water partition coefficient (Wildman–Crippen LogP) is 5.34. The summed E-state index contributed by atoms with van der Waals surface area (Å²) in [7, 11) is 0. The lowest BCUT2D eigenvalue weighted by atomic mass is 9.74. The molecular formula is C29H32N2O2. The van der Waals surface area contributed by atoms with Gasteiger partial charge in [0, 0.05) is 24.2 Å². The van der Waals surface area contributed by atoms with Crippen LogP contribution in [-0.2, 0) is 16.8 Å². The smallest absolute Gasteiger partial charge is 0.267 e. The molecule has 0 bridgehead atoms. The van der Waals surface area contributed by atoms with E-state index in [1.165, 1.54) is 16.7 Å². The normalized spacial score (nSPS) is 18.2. The van der Waals surface area contributed by atoms with Crippen LogP contribution in [0.4, 0.5) is 5.69 Å². The molecule has 2 aliphatic heterocycles. The molecule has 0 saturated carbocycles. The number of fused-ring (bicyclic) bond motifs is 2. The van der Waals surface area contributed by atoms with E-state index >= 15 is 0 Å². The second kappa shape index (κ2) is 9.03. The Labute approximate surface area is 196 Å². The van der Waals surface area contributed by atoms with Crippen molar-refractivity contribution in [3.63, 3.8) is 0 Å². The van der Waals surface area contributed by atoms with E-state index in [-0.39, 0.29) is 11.3 Å². The SMILES string of the molecule is Cc1ccc2c(c1)C1(CCN(Cc3ccccc3)CC1)CN2C(=O)C(C)Oc1ccccc1. The summed E-state index contributed by atoms with van der Waals surface area (Å²) in [5, 5.41) is 0. The van der Waals surface area contributed by atoms with Gasteiger partial charge in [-0.1, -0.05) is 66.2 Å². The van der Waals surface area contributed by atoms with E-state index in [1.807, 2.05) is 42.2 Å². The van der Waals surface area contributed by atoms with E-state index < -0.39 is 6.10 Å². The number of nitrogens with zero attached hydrogens (tertiary/aromatic N) is 2. The molecule has 3 aromatic rings. The summed E-state index contributed by atoms with van der Waals surface area (Å²) in [5.41, 5.74) is 5.03. The number of aryl methyl sites for hydroxylation is 1. The van der Waals surface area contributed by atoms with Gasteiger partial charge in [-0.25, -0.2) is 0 Å². The van der Waals surface area contributed by atoms with Crippen LogP contribution in [0.5, 0.6) is 5.75 Å². The van der Waals surface area contributed by atoms with Crippen LogP contribution in [0, 0.1) is 6.92 Å². The van der Waals surface area contributed by atoms with Crippen molar-refractivity contribution in [2.75, 3.05) is 24.5 Å². The molecule has 4 heteroatoms. The van der Waals surface area contributed by atoms with Crippen LogP contribution in [0.1, 0.15) is 36.5 Å². The fourth-order valence-electron chi connectivity index (χ4n) is 5.36. The number of likely N-dealkylation sites (tertiary alicyclic amines) is 1. The first-order valence-corrected chi connectivity index (χ1v) is 11.9. The summed E-state index contributed by atoms with van der Waals surface area (Å²) in [6, 6.07) is 26.8. The highest BCUT2D eigenvalue weighted by molar-refractivity contribution is 5.99. The maximum absolute atomic E-state index is 13.5. The van der Waals surface area contributed by atoms with Gasteiger partial charge in [0.25, 0.3) is 5.91 Å². The van der Waals surface area contributed by atoms with Crippen LogP contribution in [0.3, 0.4) is 0 Å². The number of benzene rings is 3. The number of rotatable bonds is 5. The number of carbonyl (C=O) groups excluding carboxylic acids is 1. The first kappa shape index (κ1) is 21.7. The quantitative estimate of drug-likeness (QED) is 0.537. The van der Waals surface area contributed by atoms with Crippen molar-refractivity contribution in [2.24, 2.45) is 0 Å². The number of anilines is 1. The second-order valence-corrected chi connectivity index (χ2v) is 9.56. The third kappa shape index (κ3) is 4.40. The van der Waals surface area contributed by atoms with Gasteiger partial charge in [0.15, 0.2) is 6.10 Å². The summed E-state index contributed by atoms with van der Waals surface area (Å²) in [6.45, 7) is 7.82. The molecule has 170 valence electrons. The van der Waals surface area contributed by atoms with Gasteiger partial charge in [0.1, 0.15) is 5.75 Å². The first-order valence-electron chi connectivity index (χ1n) is 11.9. The summed E-state index contributed by atoms with van der Waals surface area (Å²) in [5.74, 6) is 0.762. The van der Waals surface area contributed by atoms with Gasteiger partial charge in [-0.3, -0.25) is 9.69 Å². The Morgan fingerprint density at radius 1 is 0.970 bits per heavy atom. The Kier molecular flexibility index (Phi) is 5.94. The molecule has 2 heterocycles. The van der Waals surface area contributed by atoms with Crippen molar-refractivity contribution >= 4 is 11.6 Å². The number of hydrogen-bond donors (Lipinski definition) is 0. The molecule has 0 aliphatic carbocycles. The lowest BCUT2D eigenvalue weighted by Gasteiger charge is -2.40. The van der Waals surface area contributed by atoms with Crippen molar-refractivity contribution in [1.82, 2.24) is 4.90 Å². The van der Waals surface area contributed by atoms with Gasteiger partial charge in [-0.05, 0) is 69.1 Å². The average molecular weight is 441 g/mol. The van der Waals surface area contributed by atoms with E-state index in [9.17, 15) is 4.79 Å². The van der Waals surface area contributed by atoms with Crippen LogP contribution < -0.4 is 9.64 Å². The van der Waals surface area contributed by atoms with E-state index in [1.54, 1.807) is 0 Å². The standard InChI is InChI=1S/C29H32N2O2/c1-22-13-14-27-26(19-22)29(15-17-30(18-16-29)20-24-9-5-3-6-10-24)21-31(27)28(32)23(2)33-25-11-7-4-8-12-25/h3-14,19,23H,15-18,20-21H2,1-2H3. The van der Waals surface area contributed by atoms with E-state index in [4.69, 9.17) is 4.74 Å². The number of para-hydroxylation sites is 1. The highest BCUT2D eigenvalue weighted by Gasteiger charge is 2.47. The van der Waals surface area contributed by atoms with E-state index in [0.29, 0.717) is 0 Å². The number of amides is 1. The summed E-state index contributed by atoms with van der Waals surface area (Å²) >= 11 is 0. The summed E-state index contributed by atoms with van der Waals surface area (Å²) < 4.78 is 5.99. The zero-order valence-corrected chi connectivity index (χ0v) is 19.5. The fraction of sp³-hybridized carbons (Fsp3) is 0.345.